The van der Waals surface area contributed by atoms with Crippen LogP contribution in [0.2, 0.25) is 0 Å². The fourth-order valence-corrected chi connectivity index (χ4v) is 3.87. The normalized spacial score (nSPS) is 17.5. The molecule has 1 saturated heterocycles. The van der Waals surface area contributed by atoms with Crippen molar-refractivity contribution in [2.45, 2.75) is 32.5 Å². The molecule has 1 aliphatic rings. The van der Waals surface area contributed by atoms with E-state index in [9.17, 15) is 0 Å². The summed E-state index contributed by atoms with van der Waals surface area (Å²) in [7, 11) is 0. The summed E-state index contributed by atoms with van der Waals surface area (Å²) in [6, 6.07) is 17.1. The van der Waals surface area contributed by atoms with Crippen LogP contribution in [0.25, 0.3) is 22.0 Å². The molecule has 0 N–H and O–H groups in total. The molecule has 26 heavy (non-hydrogen) atoms. The number of aryl methyl sites for hydroxylation is 1. The van der Waals surface area contributed by atoms with Gasteiger partial charge in [0.25, 0.3) is 0 Å². The zero-order valence-electron chi connectivity index (χ0n) is 14.9. The molecule has 0 aliphatic carbocycles. The first kappa shape index (κ1) is 17.7. The van der Waals surface area contributed by atoms with Crippen molar-refractivity contribution >= 4 is 26.8 Å². The number of hydrogen-bond donors (Lipinski definition) is 0. The molecule has 0 amide bonds. The van der Waals surface area contributed by atoms with Gasteiger partial charge in [-0.05, 0) is 70.6 Å². The average Bonchev–Trinajstić information content (AvgIpc) is 2.68. The number of benzene rings is 2. The van der Waals surface area contributed by atoms with E-state index in [-0.39, 0.29) is 6.10 Å². The molecule has 1 unspecified atom stereocenters. The fourth-order valence-electron chi connectivity index (χ4n) is 3.31. The smallest absolute Gasteiger partial charge is 0.0847 e. The molecule has 4 heteroatoms. The molecule has 4 rings (SSSR count). The number of rotatable bonds is 4. The maximum atomic E-state index is 5.96. The first-order valence-electron chi connectivity index (χ1n) is 9.04. The molecule has 0 spiro atoms. The van der Waals surface area contributed by atoms with Crippen LogP contribution in [0.5, 0.6) is 0 Å². The van der Waals surface area contributed by atoms with Gasteiger partial charge in [-0.3, -0.25) is 4.98 Å². The van der Waals surface area contributed by atoms with Gasteiger partial charge < -0.3 is 9.47 Å². The van der Waals surface area contributed by atoms with Gasteiger partial charge in [-0.2, -0.15) is 0 Å². The Morgan fingerprint density at radius 2 is 1.96 bits per heavy atom. The van der Waals surface area contributed by atoms with Crippen LogP contribution < -0.4 is 0 Å². The topological polar surface area (TPSA) is 31.4 Å². The lowest BCUT2D eigenvalue weighted by Crippen LogP contribution is -2.25. The molecule has 0 saturated carbocycles. The summed E-state index contributed by atoms with van der Waals surface area (Å²) in [4.78, 5) is 4.62. The summed E-state index contributed by atoms with van der Waals surface area (Å²) in [5.74, 6) is 0. The molecule has 134 valence electrons. The van der Waals surface area contributed by atoms with Crippen molar-refractivity contribution in [2.24, 2.45) is 0 Å². The summed E-state index contributed by atoms with van der Waals surface area (Å²) in [6.07, 6.45) is 2.42. The number of halogens is 1. The molecular formula is C22H22BrNO2. The van der Waals surface area contributed by atoms with E-state index in [0.29, 0.717) is 6.61 Å². The highest BCUT2D eigenvalue weighted by atomic mass is 79.9. The molecule has 1 atom stereocenters. The second-order valence-corrected chi connectivity index (χ2v) is 7.68. The van der Waals surface area contributed by atoms with Crippen molar-refractivity contribution in [3.8, 4) is 11.1 Å². The number of ether oxygens (including phenoxy) is 2. The van der Waals surface area contributed by atoms with E-state index < -0.39 is 0 Å². The highest BCUT2D eigenvalue weighted by Crippen LogP contribution is 2.30. The number of fused-ring (bicyclic) bond motifs is 1. The third kappa shape index (κ3) is 3.98. The zero-order valence-corrected chi connectivity index (χ0v) is 16.5. The lowest BCUT2D eigenvalue weighted by atomic mass is 10.0. The lowest BCUT2D eigenvalue weighted by molar-refractivity contribution is -0.0568. The largest absolute Gasteiger partial charge is 0.379 e. The Kier molecular flexibility index (Phi) is 5.34. The molecule has 1 fully saturated rings. The number of aromatic nitrogens is 1. The minimum atomic E-state index is 0.232. The molecule has 1 aromatic heterocycles. The standard InChI is InChI=1S/C22H22BrNO2/c1-15-4-7-18-11-19(12-21(23)22(18)24-15)17-8-5-16(6-9-17)13-26-20-3-2-10-25-14-20/h4-9,11-12,20H,2-3,10,13-14H2,1H3. The van der Waals surface area contributed by atoms with Crippen molar-refractivity contribution in [1.29, 1.82) is 0 Å². The molecule has 3 nitrogen and oxygen atoms in total. The second-order valence-electron chi connectivity index (χ2n) is 6.83. The summed E-state index contributed by atoms with van der Waals surface area (Å²) >= 11 is 3.67. The van der Waals surface area contributed by atoms with E-state index in [1.807, 2.05) is 13.0 Å². The summed E-state index contributed by atoms with van der Waals surface area (Å²) in [6.45, 7) is 4.24. The van der Waals surface area contributed by atoms with Crippen LogP contribution in [0.3, 0.4) is 0 Å². The third-order valence-corrected chi connectivity index (χ3v) is 5.38. The van der Waals surface area contributed by atoms with Crippen LogP contribution in [0, 0.1) is 6.92 Å². The van der Waals surface area contributed by atoms with Gasteiger partial charge in [-0.15, -0.1) is 0 Å². The van der Waals surface area contributed by atoms with Crippen LogP contribution in [-0.2, 0) is 16.1 Å². The van der Waals surface area contributed by atoms with Crippen molar-refractivity contribution in [1.82, 2.24) is 4.98 Å². The Balaban J connectivity index is 1.51. The van der Waals surface area contributed by atoms with Crippen LogP contribution in [0.15, 0.2) is 53.0 Å². The highest BCUT2D eigenvalue weighted by molar-refractivity contribution is 9.10. The van der Waals surface area contributed by atoms with Gasteiger partial charge in [-0.1, -0.05) is 30.3 Å². The maximum Gasteiger partial charge on any atom is 0.0847 e. The van der Waals surface area contributed by atoms with Crippen LogP contribution in [0.1, 0.15) is 24.1 Å². The molecule has 0 bridgehead atoms. The Hall–Kier alpha value is -1.75. The predicted octanol–water partition coefficient (Wildman–Crippen LogP) is 5.67. The van der Waals surface area contributed by atoms with Crippen LogP contribution in [-0.4, -0.2) is 24.3 Å². The first-order valence-corrected chi connectivity index (χ1v) is 9.84. The van der Waals surface area contributed by atoms with E-state index in [0.717, 1.165) is 47.1 Å². The molecular weight excluding hydrogens is 390 g/mol. The monoisotopic (exact) mass is 411 g/mol. The predicted molar refractivity (Wildman–Crippen MR) is 108 cm³/mol. The summed E-state index contributed by atoms with van der Waals surface area (Å²) in [5, 5.41) is 1.14. The van der Waals surface area contributed by atoms with Gasteiger partial charge in [0.15, 0.2) is 0 Å². The van der Waals surface area contributed by atoms with E-state index >= 15 is 0 Å². The van der Waals surface area contributed by atoms with Gasteiger partial charge in [0, 0.05) is 22.2 Å². The van der Waals surface area contributed by atoms with Gasteiger partial charge in [0.2, 0.25) is 0 Å². The second kappa shape index (κ2) is 7.87. The van der Waals surface area contributed by atoms with E-state index in [4.69, 9.17) is 9.47 Å². The Morgan fingerprint density at radius 3 is 2.73 bits per heavy atom. The minimum absolute atomic E-state index is 0.232. The maximum absolute atomic E-state index is 5.96. The molecule has 2 heterocycles. The zero-order chi connectivity index (χ0) is 17.9. The quantitative estimate of drug-likeness (QED) is 0.554. The molecule has 2 aromatic carbocycles. The Bertz CT molecular complexity index is 902. The Morgan fingerprint density at radius 1 is 1.12 bits per heavy atom. The van der Waals surface area contributed by atoms with Gasteiger partial charge in [0.1, 0.15) is 0 Å². The third-order valence-electron chi connectivity index (χ3n) is 4.78. The van der Waals surface area contributed by atoms with Crippen molar-refractivity contribution in [2.75, 3.05) is 13.2 Å². The lowest BCUT2D eigenvalue weighted by Gasteiger charge is -2.22. The summed E-state index contributed by atoms with van der Waals surface area (Å²) < 4.78 is 12.5. The molecule has 1 aliphatic heterocycles. The molecule has 0 radical (unpaired) electrons. The minimum Gasteiger partial charge on any atom is -0.379 e. The van der Waals surface area contributed by atoms with E-state index in [1.165, 1.54) is 16.7 Å². The summed E-state index contributed by atoms with van der Waals surface area (Å²) in [5.41, 5.74) is 5.60. The van der Waals surface area contributed by atoms with Crippen molar-refractivity contribution in [3.05, 3.63) is 64.3 Å². The van der Waals surface area contributed by atoms with Gasteiger partial charge in [-0.25, -0.2) is 0 Å². The molecule has 3 aromatic rings. The average molecular weight is 412 g/mol. The van der Waals surface area contributed by atoms with Crippen molar-refractivity contribution < 1.29 is 9.47 Å². The Labute approximate surface area is 162 Å². The highest BCUT2D eigenvalue weighted by Gasteiger charge is 2.14. The van der Waals surface area contributed by atoms with E-state index in [1.54, 1.807) is 0 Å². The van der Waals surface area contributed by atoms with E-state index in [2.05, 4.69) is 63.4 Å². The number of hydrogen-bond acceptors (Lipinski definition) is 3. The van der Waals surface area contributed by atoms with Gasteiger partial charge >= 0.3 is 0 Å². The first-order chi connectivity index (χ1) is 12.7. The number of nitrogens with zero attached hydrogens (tertiary/aromatic N) is 1. The van der Waals surface area contributed by atoms with Crippen LogP contribution >= 0.6 is 15.9 Å². The van der Waals surface area contributed by atoms with Crippen molar-refractivity contribution in [3.63, 3.8) is 0 Å². The fraction of sp³-hybridized carbons (Fsp3) is 0.318. The number of pyridine rings is 1. The van der Waals surface area contributed by atoms with Crippen LogP contribution in [0.4, 0.5) is 0 Å². The van der Waals surface area contributed by atoms with Gasteiger partial charge in [0.05, 0.1) is 24.8 Å². The SMILES string of the molecule is Cc1ccc2cc(-c3ccc(COC4CCCOC4)cc3)cc(Br)c2n1.